The van der Waals surface area contributed by atoms with Crippen molar-refractivity contribution in [2.45, 2.75) is 18.2 Å². The fourth-order valence-corrected chi connectivity index (χ4v) is 3.35. The van der Waals surface area contributed by atoms with E-state index in [2.05, 4.69) is 4.98 Å². The minimum Gasteiger partial charge on any atom is -0.339 e. The highest BCUT2D eigenvalue weighted by Crippen LogP contribution is 2.17. The van der Waals surface area contributed by atoms with Gasteiger partial charge in [-0.1, -0.05) is 12.1 Å². The van der Waals surface area contributed by atoms with Gasteiger partial charge in [-0.25, -0.2) is 18.5 Å². The normalized spacial score (nSPS) is 19.6. The smallest absolute Gasteiger partial charge is 0.224 e. The molecule has 8 heteroatoms. The van der Waals surface area contributed by atoms with Crippen LogP contribution in [0.2, 0.25) is 0 Å². The van der Waals surface area contributed by atoms with Crippen molar-refractivity contribution in [3.8, 4) is 0 Å². The van der Waals surface area contributed by atoms with Gasteiger partial charge in [0.2, 0.25) is 15.9 Å². The van der Waals surface area contributed by atoms with E-state index < -0.39 is 15.3 Å². The lowest BCUT2D eigenvalue weighted by atomic mass is 10.3. The Morgan fingerprint density at radius 1 is 1.29 bits per heavy atom. The minimum atomic E-state index is -3.66. The highest BCUT2D eigenvalue weighted by molar-refractivity contribution is 7.89. The molecule has 1 aromatic heterocycles. The minimum absolute atomic E-state index is 0.0243. The molecule has 21 heavy (non-hydrogen) atoms. The van der Waals surface area contributed by atoms with Gasteiger partial charge in [0.1, 0.15) is 5.25 Å². The van der Waals surface area contributed by atoms with Crippen LogP contribution in [0.25, 0.3) is 11.0 Å². The largest absolute Gasteiger partial charge is 0.339 e. The maximum absolute atomic E-state index is 11.8. The van der Waals surface area contributed by atoms with Crippen LogP contribution in [0.5, 0.6) is 0 Å². The van der Waals surface area contributed by atoms with Gasteiger partial charge in [-0.15, -0.1) is 0 Å². The van der Waals surface area contributed by atoms with Gasteiger partial charge in [0, 0.05) is 26.1 Å². The fourth-order valence-electron chi connectivity index (χ4n) is 2.59. The van der Waals surface area contributed by atoms with Crippen LogP contribution < -0.4 is 5.14 Å². The molecule has 1 unspecified atom stereocenters. The summed E-state index contributed by atoms with van der Waals surface area (Å²) in [5.74, 6) is -0.168. The summed E-state index contributed by atoms with van der Waals surface area (Å²) in [6, 6.07) is 7.73. The maximum atomic E-state index is 11.8. The van der Waals surface area contributed by atoms with E-state index in [0.29, 0.717) is 13.1 Å². The van der Waals surface area contributed by atoms with Gasteiger partial charge >= 0.3 is 0 Å². The van der Waals surface area contributed by atoms with Gasteiger partial charge in [-0.2, -0.15) is 0 Å². The van der Waals surface area contributed by atoms with Crippen LogP contribution in [0, 0.1) is 0 Å². The number of aromatic nitrogens is 2. The zero-order chi connectivity index (χ0) is 15.0. The number of carbonyl (C=O) groups is 1. The molecule has 7 nitrogen and oxygen atoms in total. The monoisotopic (exact) mass is 308 g/mol. The lowest BCUT2D eigenvalue weighted by Gasteiger charge is -2.16. The number of fused-ring (bicyclic) bond motifs is 1. The van der Waals surface area contributed by atoms with E-state index in [4.69, 9.17) is 5.14 Å². The molecular formula is C13H16N4O3S. The quantitative estimate of drug-likeness (QED) is 0.854. The highest BCUT2D eigenvalue weighted by Gasteiger charge is 2.36. The number of primary sulfonamides is 1. The van der Waals surface area contributed by atoms with E-state index in [9.17, 15) is 13.2 Å². The molecule has 3 rings (SSSR count). The van der Waals surface area contributed by atoms with Crippen molar-refractivity contribution < 1.29 is 13.2 Å². The number of amides is 1. The van der Waals surface area contributed by atoms with Crippen LogP contribution >= 0.6 is 0 Å². The first-order chi connectivity index (χ1) is 9.95. The SMILES string of the molecule is NS(=O)(=O)C1CC(=O)N(CCn2cnc3ccccc32)C1. The summed E-state index contributed by atoms with van der Waals surface area (Å²) >= 11 is 0. The molecular weight excluding hydrogens is 292 g/mol. The summed E-state index contributed by atoms with van der Waals surface area (Å²) in [6.07, 6.45) is 1.70. The number of rotatable bonds is 4. The number of sulfonamides is 1. The summed E-state index contributed by atoms with van der Waals surface area (Å²) in [7, 11) is -3.66. The lowest BCUT2D eigenvalue weighted by molar-refractivity contribution is -0.127. The Morgan fingerprint density at radius 3 is 2.76 bits per heavy atom. The molecule has 2 aromatic rings. The average molecular weight is 308 g/mol. The number of carbonyl (C=O) groups excluding carboxylic acids is 1. The molecule has 1 fully saturated rings. The molecule has 1 saturated heterocycles. The molecule has 0 spiro atoms. The summed E-state index contributed by atoms with van der Waals surface area (Å²) in [6.45, 7) is 1.19. The third-order valence-electron chi connectivity index (χ3n) is 3.78. The summed E-state index contributed by atoms with van der Waals surface area (Å²) in [5.41, 5.74) is 1.89. The third kappa shape index (κ3) is 2.77. The fraction of sp³-hybridized carbons (Fsp3) is 0.385. The van der Waals surface area contributed by atoms with E-state index >= 15 is 0 Å². The van der Waals surface area contributed by atoms with E-state index in [0.717, 1.165) is 11.0 Å². The second-order valence-corrected chi connectivity index (χ2v) is 7.03. The molecule has 1 amide bonds. The molecule has 1 aromatic carbocycles. The number of benzene rings is 1. The molecule has 2 N–H and O–H groups in total. The van der Waals surface area contributed by atoms with E-state index in [1.165, 1.54) is 0 Å². The first-order valence-corrected chi connectivity index (χ1v) is 8.25. The Morgan fingerprint density at radius 2 is 2.05 bits per heavy atom. The molecule has 1 aliphatic rings. The molecule has 1 aliphatic heterocycles. The van der Waals surface area contributed by atoms with Crippen molar-refractivity contribution in [2.24, 2.45) is 5.14 Å². The van der Waals surface area contributed by atoms with E-state index in [-0.39, 0.29) is 18.9 Å². The van der Waals surface area contributed by atoms with Crippen LogP contribution in [-0.2, 0) is 21.4 Å². The van der Waals surface area contributed by atoms with Crippen molar-refractivity contribution in [1.29, 1.82) is 0 Å². The van der Waals surface area contributed by atoms with Gasteiger partial charge in [0.15, 0.2) is 0 Å². The number of imidazole rings is 1. The Labute approximate surface area is 122 Å². The number of nitrogens with two attached hydrogens (primary N) is 1. The molecule has 0 saturated carbocycles. The predicted octanol–water partition coefficient (Wildman–Crippen LogP) is -0.0743. The molecule has 112 valence electrons. The van der Waals surface area contributed by atoms with Gasteiger partial charge in [-0.05, 0) is 12.1 Å². The Bertz CT molecular complexity index is 784. The summed E-state index contributed by atoms with van der Waals surface area (Å²) in [4.78, 5) is 17.7. The topological polar surface area (TPSA) is 98.3 Å². The van der Waals surface area contributed by atoms with Crippen molar-refractivity contribution in [3.05, 3.63) is 30.6 Å². The van der Waals surface area contributed by atoms with Crippen LogP contribution in [0.15, 0.2) is 30.6 Å². The lowest BCUT2D eigenvalue weighted by Crippen LogP contribution is -2.33. The van der Waals surface area contributed by atoms with Crippen LogP contribution in [-0.4, -0.2) is 47.1 Å². The van der Waals surface area contributed by atoms with E-state index in [1.54, 1.807) is 11.2 Å². The van der Waals surface area contributed by atoms with Crippen molar-refractivity contribution in [2.75, 3.05) is 13.1 Å². The third-order valence-corrected chi connectivity index (χ3v) is 5.03. The Hall–Kier alpha value is -1.93. The standard InChI is InChI=1S/C13H16N4O3S/c14-21(19,20)10-7-13(18)16(8-10)5-6-17-9-15-11-3-1-2-4-12(11)17/h1-4,9-10H,5-8H2,(H2,14,19,20). The molecule has 0 aliphatic carbocycles. The maximum Gasteiger partial charge on any atom is 0.224 e. The number of likely N-dealkylation sites (tertiary alicyclic amines) is 1. The zero-order valence-corrected chi connectivity index (χ0v) is 12.2. The Balaban J connectivity index is 1.70. The second kappa shape index (κ2) is 5.12. The van der Waals surface area contributed by atoms with Crippen LogP contribution in [0.3, 0.4) is 0 Å². The number of nitrogens with zero attached hydrogens (tertiary/aromatic N) is 3. The molecule has 0 radical (unpaired) electrons. The van der Waals surface area contributed by atoms with Crippen LogP contribution in [0.4, 0.5) is 0 Å². The van der Waals surface area contributed by atoms with Gasteiger partial charge in [-0.3, -0.25) is 4.79 Å². The predicted molar refractivity (Wildman–Crippen MR) is 77.8 cm³/mol. The molecule has 0 bridgehead atoms. The van der Waals surface area contributed by atoms with Gasteiger partial charge < -0.3 is 9.47 Å². The Kier molecular flexibility index (Phi) is 3.42. The number of hydrogen-bond donors (Lipinski definition) is 1. The average Bonchev–Trinajstić information content (AvgIpc) is 3.00. The van der Waals surface area contributed by atoms with Crippen molar-refractivity contribution >= 4 is 27.0 Å². The van der Waals surface area contributed by atoms with Crippen LogP contribution in [0.1, 0.15) is 6.42 Å². The van der Waals surface area contributed by atoms with E-state index in [1.807, 2.05) is 28.8 Å². The highest BCUT2D eigenvalue weighted by atomic mass is 32.2. The van der Waals surface area contributed by atoms with Gasteiger partial charge in [0.05, 0.1) is 17.4 Å². The van der Waals surface area contributed by atoms with Gasteiger partial charge in [0.25, 0.3) is 0 Å². The first kappa shape index (κ1) is 14.0. The summed E-state index contributed by atoms with van der Waals surface area (Å²) in [5, 5.41) is 4.32. The van der Waals surface area contributed by atoms with Crippen molar-refractivity contribution in [1.82, 2.24) is 14.5 Å². The molecule has 2 heterocycles. The molecule has 1 atom stereocenters. The van der Waals surface area contributed by atoms with Crippen molar-refractivity contribution in [3.63, 3.8) is 0 Å². The zero-order valence-electron chi connectivity index (χ0n) is 11.3. The second-order valence-electron chi connectivity index (χ2n) is 5.18. The number of hydrogen-bond acceptors (Lipinski definition) is 4. The summed E-state index contributed by atoms with van der Waals surface area (Å²) < 4.78 is 24.6. The first-order valence-electron chi connectivity index (χ1n) is 6.64. The number of para-hydroxylation sites is 2.